The van der Waals surface area contributed by atoms with Crippen LogP contribution in [-0.4, -0.2) is 18.8 Å². The molecule has 128 valence electrons. The molecule has 4 nitrogen and oxygen atoms in total. The molecular formula is C19H23NO3S. The fourth-order valence-electron chi connectivity index (χ4n) is 2.45. The topological polar surface area (TPSA) is 64.7 Å². The Morgan fingerprint density at radius 2 is 2.12 bits per heavy atom. The smallest absolute Gasteiger partial charge is 0.123 e. The van der Waals surface area contributed by atoms with Crippen molar-refractivity contribution in [2.75, 3.05) is 13.7 Å². The summed E-state index contributed by atoms with van der Waals surface area (Å²) in [5.74, 6) is 1.48. The van der Waals surface area contributed by atoms with Gasteiger partial charge >= 0.3 is 0 Å². The highest BCUT2D eigenvalue weighted by Crippen LogP contribution is 2.34. The maximum absolute atomic E-state index is 9.24. The maximum atomic E-state index is 9.24. The number of methoxy groups -OCH3 is 1. The highest BCUT2D eigenvalue weighted by atomic mass is 32.1. The molecule has 0 spiro atoms. The third-order valence-corrected chi connectivity index (χ3v) is 4.75. The Morgan fingerprint density at radius 3 is 2.75 bits per heavy atom. The molecule has 1 aromatic carbocycles. The molecule has 0 radical (unpaired) electrons. The second-order valence-corrected chi connectivity index (χ2v) is 6.13. The number of ether oxygens (including phenoxy) is 2. The zero-order valence-electron chi connectivity index (χ0n) is 14.0. The number of nitrogens with two attached hydrogens (primary N) is 1. The van der Waals surface area contributed by atoms with Crippen LogP contribution in [0.5, 0.6) is 11.5 Å². The van der Waals surface area contributed by atoms with Gasteiger partial charge in [0.2, 0.25) is 0 Å². The van der Waals surface area contributed by atoms with Gasteiger partial charge in [-0.2, -0.15) is 0 Å². The number of thiophene rings is 1. The molecule has 3 N–H and O–H groups in total. The van der Waals surface area contributed by atoms with Gasteiger partial charge in [-0.05, 0) is 36.4 Å². The van der Waals surface area contributed by atoms with Gasteiger partial charge in [-0.1, -0.05) is 18.7 Å². The van der Waals surface area contributed by atoms with Crippen molar-refractivity contribution in [2.45, 2.75) is 20.0 Å². The lowest BCUT2D eigenvalue weighted by molar-refractivity contribution is 0.303. The molecule has 0 aliphatic heterocycles. The minimum Gasteiger partial charge on any atom is -0.497 e. The van der Waals surface area contributed by atoms with E-state index in [1.54, 1.807) is 18.4 Å². The molecule has 2 rings (SSSR count). The van der Waals surface area contributed by atoms with Crippen molar-refractivity contribution in [3.8, 4) is 11.5 Å². The average molecular weight is 345 g/mol. The van der Waals surface area contributed by atoms with Gasteiger partial charge in [0.05, 0.1) is 7.11 Å². The zero-order valence-corrected chi connectivity index (χ0v) is 14.9. The van der Waals surface area contributed by atoms with Crippen molar-refractivity contribution in [1.29, 1.82) is 0 Å². The van der Waals surface area contributed by atoms with Crippen LogP contribution in [0.2, 0.25) is 0 Å². The van der Waals surface area contributed by atoms with Crippen LogP contribution in [0.3, 0.4) is 0 Å². The summed E-state index contributed by atoms with van der Waals surface area (Å²) >= 11 is 1.60. The molecule has 0 unspecified atom stereocenters. The number of hydrogen-bond acceptors (Lipinski definition) is 5. The molecule has 0 bridgehead atoms. The molecule has 0 saturated heterocycles. The van der Waals surface area contributed by atoms with Crippen molar-refractivity contribution >= 4 is 22.6 Å². The Labute approximate surface area is 146 Å². The summed E-state index contributed by atoms with van der Waals surface area (Å²) < 4.78 is 11.1. The van der Waals surface area contributed by atoms with Crippen molar-refractivity contribution in [3.63, 3.8) is 0 Å². The zero-order chi connectivity index (χ0) is 17.5. The van der Waals surface area contributed by atoms with E-state index in [9.17, 15) is 5.11 Å². The largest absolute Gasteiger partial charge is 0.497 e. The van der Waals surface area contributed by atoms with Crippen molar-refractivity contribution in [1.82, 2.24) is 0 Å². The van der Waals surface area contributed by atoms with E-state index in [-0.39, 0.29) is 6.61 Å². The van der Waals surface area contributed by atoms with Crippen LogP contribution in [0, 0.1) is 0 Å². The van der Waals surface area contributed by atoms with Crippen LogP contribution in [0.25, 0.3) is 11.3 Å². The van der Waals surface area contributed by atoms with E-state index in [0.717, 1.165) is 33.1 Å². The summed E-state index contributed by atoms with van der Waals surface area (Å²) in [6.07, 6.45) is 2.59. The first-order chi connectivity index (χ1) is 11.6. The second kappa shape index (κ2) is 8.57. The predicted octanol–water partition coefficient (Wildman–Crippen LogP) is 4.05. The molecule has 0 aliphatic rings. The van der Waals surface area contributed by atoms with E-state index in [1.807, 2.05) is 42.6 Å². The van der Waals surface area contributed by atoms with Gasteiger partial charge in [-0.15, -0.1) is 11.3 Å². The van der Waals surface area contributed by atoms with Crippen molar-refractivity contribution in [3.05, 3.63) is 58.3 Å². The Balaban J connectivity index is 2.24. The van der Waals surface area contributed by atoms with Gasteiger partial charge in [0, 0.05) is 34.4 Å². The molecule has 0 amide bonds. The van der Waals surface area contributed by atoms with E-state index >= 15 is 0 Å². The van der Waals surface area contributed by atoms with E-state index in [0.29, 0.717) is 18.7 Å². The van der Waals surface area contributed by atoms with Crippen LogP contribution in [0.1, 0.15) is 29.3 Å². The lowest BCUT2D eigenvalue weighted by Gasteiger charge is -2.11. The number of hydrogen-bond donors (Lipinski definition) is 2. The quantitative estimate of drug-likeness (QED) is 0.757. The standard InChI is InChI=1S/C19H23NO3S/c1-4-14(8-9-21)19-18(13(2)20)15(12-24-19)11-23-17-7-5-6-16(10-17)22-3/h4-7,10,12,21H,2,8-9,11,20H2,1,3H3/b14-4-. The number of benzene rings is 1. The maximum Gasteiger partial charge on any atom is 0.123 e. The SMILES string of the molecule is C=C(N)c1c(COc2cccc(OC)c2)csc1/C(=C\C)CCO. The average Bonchev–Trinajstić information content (AvgIpc) is 3.02. The molecule has 5 heteroatoms. The van der Waals surface area contributed by atoms with Gasteiger partial charge in [-0.3, -0.25) is 0 Å². The molecule has 1 heterocycles. The Morgan fingerprint density at radius 1 is 1.38 bits per heavy atom. The highest BCUT2D eigenvalue weighted by Gasteiger charge is 2.16. The summed E-state index contributed by atoms with van der Waals surface area (Å²) in [7, 11) is 1.63. The molecule has 1 aromatic heterocycles. The second-order valence-electron chi connectivity index (χ2n) is 5.25. The monoisotopic (exact) mass is 345 g/mol. The van der Waals surface area contributed by atoms with Crippen molar-refractivity contribution < 1.29 is 14.6 Å². The van der Waals surface area contributed by atoms with Crippen LogP contribution in [-0.2, 0) is 6.61 Å². The molecule has 0 aliphatic carbocycles. The van der Waals surface area contributed by atoms with Gasteiger partial charge < -0.3 is 20.3 Å². The Hall–Kier alpha value is -2.24. The lowest BCUT2D eigenvalue weighted by atomic mass is 10.0. The molecular weight excluding hydrogens is 322 g/mol. The highest BCUT2D eigenvalue weighted by molar-refractivity contribution is 7.11. The molecule has 24 heavy (non-hydrogen) atoms. The van der Waals surface area contributed by atoms with Crippen LogP contribution in [0.4, 0.5) is 0 Å². The molecule has 2 aromatic rings. The fourth-order valence-corrected chi connectivity index (χ4v) is 3.65. The van der Waals surface area contributed by atoms with Crippen LogP contribution in [0.15, 0.2) is 42.3 Å². The molecule has 0 fully saturated rings. The van der Waals surface area contributed by atoms with E-state index in [4.69, 9.17) is 15.2 Å². The predicted molar refractivity (Wildman–Crippen MR) is 100 cm³/mol. The third kappa shape index (κ3) is 4.19. The molecule has 0 saturated carbocycles. The Kier molecular flexibility index (Phi) is 6.46. The molecule has 0 atom stereocenters. The van der Waals surface area contributed by atoms with Crippen LogP contribution >= 0.6 is 11.3 Å². The van der Waals surface area contributed by atoms with Gasteiger partial charge in [0.1, 0.15) is 18.1 Å². The minimum absolute atomic E-state index is 0.101. The first-order valence-electron chi connectivity index (χ1n) is 7.69. The van der Waals surface area contributed by atoms with Gasteiger partial charge in [0.25, 0.3) is 0 Å². The third-order valence-electron chi connectivity index (χ3n) is 3.65. The summed E-state index contributed by atoms with van der Waals surface area (Å²) in [6, 6.07) is 7.48. The van der Waals surface area contributed by atoms with Gasteiger partial charge in [-0.25, -0.2) is 0 Å². The van der Waals surface area contributed by atoms with E-state index in [1.165, 1.54) is 0 Å². The summed E-state index contributed by atoms with van der Waals surface area (Å²) in [5, 5.41) is 11.3. The van der Waals surface area contributed by atoms with E-state index < -0.39 is 0 Å². The fraction of sp³-hybridized carbons (Fsp3) is 0.263. The Bertz CT molecular complexity index is 734. The lowest BCUT2D eigenvalue weighted by Crippen LogP contribution is -2.03. The summed E-state index contributed by atoms with van der Waals surface area (Å²) in [6.45, 7) is 6.35. The first-order valence-corrected chi connectivity index (χ1v) is 8.57. The summed E-state index contributed by atoms with van der Waals surface area (Å²) in [5.41, 5.74) is 9.48. The van der Waals surface area contributed by atoms with E-state index in [2.05, 4.69) is 6.58 Å². The van der Waals surface area contributed by atoms with Gasteiger partial charge in [0.15, 0.2) is 0 Å². The summed E-state index contributed by atoms with van der Waals surface area (Å²) in [4.78, 5) is 1.04. The first kappa shape index (κ1) is 18.1. The number of allylic oxidation sites excluding steroid dienone is 1. The number of aliphatic hydroxyl groups excluding tert-OH is 1. The van der Waals surface area contributed by atoms with Crippen molar-refractivity contribution in [2.24, 2.45) is 5.73 Å². The number of rotatable bonds is 8. The van der Waals surface area contributed by atoms with Crippen LogP contribution < -0.4 is 15.2 Å². The minimum atomic E-state index is 0.101. The number of aliphatic hydroxyl groups is 1. The normalized spacial score (nSPS) is 11.4.